The van der Waals surface area contributed by atoms with Gasteiger partial charge in [0.2, 0.25) is 6.29 Å². The van der Waals surface area contributed by atoms with Crippen LogP contribution in [0.25, 0.3) is 0 Å². The van der Waals surface area contributed by atoms with Gasteiger partial charge < -0.3 is 159 Å². The van der Waals surface area contributed by atoms with Crippen molar-refractivity contribution in [3.05, 3.63) is 11.6 Å². The first kappa shape index (κ1) is 73.2. The molecular weight excluding hydrogens is 1260 g/mol. The molecule has 94 heavy (non-hydrogen) atoms. The van der Waals surface area contributed by atoms with Crippen LogP contribution in [0.1, 0.15) is 92.9 Å². The molecule has 0 amide bonds. The molecule has 20 N–H and O–H groups in total. The minimum absolute atomic E-state index is 0.0137. The van der Waals surface area contributed by atoms with Gasteiger partial charge in [-0.15, -0.1) is 0 Å². The van der Waals surface area contributed by atoms with Crippen LogP contribution < -0.4 is 0 Å². The van der Waals surface area contributed by atoms with Gasteiger partial charge in [0.1, 0.15) is 103 Å². The molecule has 0 radical (unpaired) electrons. The molecule has 33 heteroatoms. The minimum atomic E-state index is -2.09. The highest BCUT2D eigenvalue weighted by Gasteiger charge is 2.74. The normalized spacial score (nSPS) is 54.9. The zero-order valence-corrected chi connectivity index (χ0v) is 53.1. The van der Waals surface area contributed by atoms with Gasteiger partial charge in [-0.1, -0.05) is 46.3 Å². The summed E-state index contributed by atoms with van der Waals surface area (Å²) in [7, 11) is 0. The molecule has 36 atom stereocenters. The number of allylic oxidation sites excluding steroid dienone is 2. The number of hydrogen-bond acceptors (Lipinski definition) is 33. The van der Waals surface area contributed by atoms with Crippen molar-refractivity contribution in [2.45, 2.75) is 271 Å². The van der Waals surface area contributed by atoms with Crippen LogP contribution in [0.2, 0.25) is 0 Å². The molecule has 0 aromatic rings. The molecule has 11 aliphatic rings. The number of ether oxygens (including phenoxy) is 12. The van der Waals surface area contributed by atoms with Crippen molar-refractivity contribution in [1.82, 2.24) is 0 Å². The Morgan fingerprint density at radius 2 is 1.12 bits per heavy atom. The van der Waals surface area contributed by atoms with Crippen LogP contribution in [0.15, 0.2) is 11.6 Å². The molecule has 5 aliphatic carbocycles. The van der Waals surface area contributed by atoms with Gasteiger partial charge in [0, 0.05) is 5.41 Å². The first-order valence-corrected chi connectivity index (χ1v) is 32.5. The molecule has 33 nitrogen and oxygen atoms in total. The predicted molar refractivity (Wildman–Crippen MR) is 305 cm³/mol. The van der Waals surface area contributed by atoms with Gasteiger partial charge in [-0.2, -0.15) is 0 Å². The Kier molecular flexibility index (Phi) is 20.8. The van der Waals surface area contributed by atoms with E-state index in [-0.39, 0.29) is 25.2 Å². The lowest BCUT2D eigenvalue weighted by molar-refractivity contribution is -0.420. The molecule has 0 bridgehead atoms. The van der Waals surface area contributed by atoms with E-state index in [0.29, 0.717) is 32.1 Å². The number of carbonyl (C=O) groups excluding carboxylic acids is 1. The summed E-state index contributed by atoms with van der Waals surface area (Å²) in [6, 6.07) is 0. The zero-order chi connectivity index (χ0) is 68.6. The second-order valence-corrected chi connectivity index (χ2v) is 30.0. The highest BCUT2D eigenvalue weighted by atomic mass is 16.8. The molecule has 0 spiro atoms. The second kappa shape index (κ2) is 26.7. The fraction of sp³-hybridized carbons (Fsp3) is 0.951. The molecule has 4 saturated carbocycles. The predicted octanol–water partition coefficient (Wildman–Crippen LogP) is -7.64. The minimum Gasteiger partial charge on any atom is -0.432 e. The smallest absolute Gasteiger partial charge is 0.317 e. The second-order valence-electron chi connectivity index (χ2n) is 30.0. The Hall–Kier alpha value is -2.03. The molecular formula is C61H98O33. The Labute approximate surface area is 540 Å². The molecule has 6 aliphatic heterocycles. The number of aliphatic hydroxyl groups is 20. The SMILES string of the molecule is CC1OC(OC2C(OC(=O)C34CCC(C)(C)CC3C3=CCC5C6(C)CC(O)C(OC7OC(OC8OC(O)C(O)C(O)C8O)C(O)C(O)C7O)C(CO)(CO)C6CCC5(C)C3(C)CC4O)OCC(O)C2O)C(O)C(O)C1OC1OCC(O)C(OC2OCC(O)(CO)C2O)C1O. The van der Waals surface area contributed by atoms with E-state index in [0.717, 1.165) is 5.57 Å². The Balaban J connectivity index is 0.801. The van der Waals surface area contributed by atoms with Crippen molar-refractivity contribution >= 4 is 5.97 Å². The first-order valence-electron chi connectivity index (χ1n) is 32.5. The van der Waals surface area contributed by atoms with Gasteiger partial charge in [0.25, 0.3) is 0 Å². The third-order valence-corrected chi connectivity index (χ3v) is 24.1. The van der Waals surface area contributed by atoms with Crippen molar-refractivity contribution in [2.75, 3.05) is 39.6 Å². The lowest BCUT2D eigenvalue weighted by Crippen LogP contribution is -2.72. The largest absolute Gasteiger partial charge is 0.432 e. The molecule has 540 valence electrons. The number of hydrogen-bond donors (Lipinski definition) is 20. The summed E-state index contributed by atoms with van der Waals surface area (Å²) in [6.07, 6.45) is -46.0. The van der Waals surface area contributed by atoms with E-state index in [2.05, 4.69) is 33.8 Å². The van der Waals surface area contributed by atoms with E-state index in [1.54, 1.807) is 0 Å². The van der Waals surface area contributed by atoms with Crippen LogP contribution in [0, 0.1) is 50.2 Å². The average Bonchev–Trinajstić information content (AvgIpc) is 0.712. The maximum Gasteiger partial charge on any atom is 0.317 e. The Morgan fingerprint density at radius 3 is 1.77 bits per heavy atom. The van der Waals surface area contributed by atoms with E-state index in [1.807, 2.05) is 6.92 Å². The third-order valence-electron chi connectivity index (χ3n) is 24.1. The van der Waals surface area contributed by atoms with Crippen LogP contribution >= 0.6 is 0 Å². The van der Waals surface area contributed by atoms with E-state index < -0.39 is 268 Å². The molecule has 36 unspecified atom stereocenters. The van der Waals surface area contributed by atoms with Crippen molar-refractivity contribution in [2.24, 2.45) is 50.2 Å². The fourth-order valence-corrected chi connectivity index (χ4v) is 18.4. The van der Waals surface area contributed by atoms with E-state index in [4.69, 9.17) is 56.8 Å². The summed E-state index contributed by atoms with van der Waals surface area (Å²) in [5.41, 5.74) is -7.46. The number of carbonyl (C=O) groups is 1. The topological polar surface area (TPSA) is 532 Å². The van der Waals surface area contributed by atoms with Crippen LogP contribution in [-0.4, -0.2) is 326 Å². The van der Waals surface area contributed by atoms with Crippen LogP contribution in [0.4, 0.5) is 0 Å². The quantitative estimate of drug-likeness (QED) is 0.0411. The lowest BCUT2D eigenvalue weighted by atomic mass is 9.33. The maximum atomic E-state index is 15.5. The monoisotopic (exact) mass is 1360 g/mol. The van der Waals surface area contributed by atoms with E-state index in [1.165, 1.54) is 6.92 Å². The van der Waals surface area contributed by atoms with Crippen LogP contribution in [0.3, 0.4) is 0 Å². The van der Waals surface area contributed by atoms with Gasteiger partial charge in [0.05, 0.1) is 64.1 Å². The summed E-state index contributed by atoms with van der Waals surface area (Å²) in [6.45, 7) is 7.63. The third kappa shape index (κ3) is 11.9. The molecule has 10 fully saturated rings. The summed E-state index contributed by atoms with van der Waals surface area (Å²) in [4.78, 5) is 15.5. The number of fused-ring (bicyclic) bond motifs is 7. The fourth-order valence-electron chi connectivity index (χ4n) is 18.4. The number of rotatable bonds is 15. The summed E-state index contributed by atoms with van der Waals surface area (Å²) >= 11 is 0. The standard InChI is InChI=1S/C61H98O33/c1-22-41(87-47-40(78)42(27(67)17-83-47)88-53-44(79)60(82,20-64)21-85-53)34(72)39(77)48(86-22)89-43-31(69)26(66)16-84-52(43)94-54(81)61-12-11-55(2,3)13-24(61)23-7-8-28-56(4)14-25(65)45(59(18-62,19-63)29(56)9-10-57(28,5)58(23,6)15-30(61)68)90-49-37(75)33(71)38(76)51(92-49)93-50-36(74)32(70)35(73)46(80)91-50/h7,22,24-53,62-80,82H,8-21H2,1-6H3. The highest BCUT2D eigenvalue weighted by Crippen LogP contribution is 2.76. The van der Waals surface area contributed by atoms with Crippen molar-refractivity contribution in [1.29, 1.82) is 0 Å². The Bertz CT molecular complexity index is 2680. The lowest BCUT2D eigenvalue weighted by Gasteiger charge is -2.72. The van der Waals surface area contributed by atoms with Gasteiger partial charge in [0.15, 0.2) is 50.1 Å². The molecule has 0 aromatic heterocycles. The molecule has 11 rings (SSSR count). The van der Waals surface area contributed by atoms with Gasteiger partial charge >= 0.3 is 5.97 Å². The van der Waals surface area contributed by atoms with Gasteiger partial charge in [-0.25, -0.2) is 0 Å². The summed E-state index contributed by atoms with van der Waals surface area (Å²) in [5, 5.41) is 221. The van der Waals surface area contributed by atoms with E-state index >= 15 is 4.79 Å². The number of esters is 1. The maximum absolute atomic E-state index is 15.5. The highest BCUT2D eigenvalue weighted by molar-refractivity contribution is 5.80. The van der Waals surface area contributed by atoms with Crippen molar-refractivity contribution in [3.8, 4) is 0 Å². The molecule has 6 heterocycles. The Morgan fingerprint density at radius 1 is 0.532 bits per heavy atom. The zero-order valence-electron chi connectivity index (χ0n) is 53.1. The molecule has 0 aromatic carbocycles. The van der Waals surface area contributed by atoms with Crippen LogP contribution in [0.5, 0.6) is 0 Å². The van der Waals surface area contributed by atoms with Crippen LogP contribution in [-0.2, 0) is 61.6 Å². The first-order chi connectivity index (χ1) is 44.0. The van der Waals surface area contributed by atoms with Crippen molar-refractivity contribution < 1.29 is 164 Å². The summed E-state index contributed by atoms with van der Waals surface area (Å²) in [5.74, 6) is -2.56. The van der Waals surface area contributed by atoms with Gasteiger partial charge in [-0.05, 0) is 97.7 Å². The number of aliphatic hydroxyl groups excluding tert-OH is 19. The average molecular weight is 1360 g/mol. The van der Waals surface area contributed by atoms with Gasteiger partial charge in [-0.3, -0.25) is 4.79 Å². The van der Waals surface area contributed by atoms with E-state index in [9.17, 15) is 102 Å². The van der Waals surface area contributed by atoms with Crippen molar-refractivity contribution in [3.63, 3.8) is 0 Å². The molecule has 6 saturated heterocycles. The summed E-state index contributed by atoms with van der Waals surface area (Å²) < 4.78 is 69.3.